The second-order valence-electron chi connectivity index (χ2n) is 13.7. The van der Waals surface area contributed by atoms with Crippen LogP contribution in [0.2, 0.25) is 0 Å². The first-order chi connectivity index (χ1) is 23.0. The highest BCUT2D eigenvalue weighted by Crippen LogP contribution is 2.41. The third kappa shape index (κ3) is 7.17. The lowest BCUT2D eigenvalue weighted by molar-refractivity contribution is -0.112. The van der Waals surface area contributed by atoms with E-state index in [1.54, 1.807) is 51.3 Å². The highest BCUT2D eigenvalue weighted by atomic mass is 16.5. The zero-order valence-electron chi connectivity index (χ0n) is 28.8. The number of aromatic hydroxyl groups is 1. The molecule has 3 aliphatic rings. The van der Waals surface area contributed by atoms with Crippen molar-refractivity contribution in [2.24, 2.45) is 0 Å². The van der Waals surface area contributed by atoms with Crippen LogP contribution in [0.4, 0.5) is 0 Å². The number of hydrogen-bond acceptors (Lipinski definition) is 9. The highest BCUT2D eigenvalue weighted by Gasteiger charge is 2.37. The molecule has 2 heterocycles. The van der Waals surface area contributed by atoms with Crippen molar-refractivity contribution in [2.45, 2.75) is 78.1 Å². The van der Waals surface area contributed by atoms with Gasteiger partial charge in [0.05, 0.1) is 24.3 Å². The molecule has 3 aromatic rings. The zero-order valence-corrected chi connectivity index (χ0v) is 28.8. The molecule has 0 amide bonds. The van der Waals surface area contributed by atoms with E-state index in [4.69, 9.17) is 14.2 Å². The monoisotopic (exact) mass is 666 g/mol. The number of ether oxygens (including phenoxy) is 3. The Morgan fingerprint density at radius 1 is 0.959 bits per heavy atom. The Morgan fingerprint density at radius 3 is 2.33 bits per heavy atom. The van der Waals surface area contributed by atoms with Crippen molar-refractivity contribution in [2.75, 3.05) is 7.11 Å². The number of Topliss-reactive ketones (excluding diaryl/α,β-unsaturated/α-hetero) is 3. The normalized spacial score (nSPS) is 18.1. The lowest BCUT2D eigenvalue weighted by Crippen LogP contribution is -2.46. The van der Waals surface area contributed by atoms with E-state index in [1.165, 1.54) is 6.07 Å². The van der Waals surface area contributed by atoms with Crippen LogP contribution in [0.3, 0.4) is 0 Å². The molecule has 0 saturated heterocycles. The maximum Gasteiger partial charge on any atom is 0.234 e. The summed E-state index contributed by atoms with van der Waals surface area (Å²) in [6, 6.07) is 13.3. The second-order valence-corrected chi connectivity index (χ2v) is 13.7. The first kappa shape index (κ1) is 35.2. The minimum atomic E-state index is -0.758. The van der Waals surface area contributed by atoms with Gasteiger partial charge in [0, 0.05) is 41.2 Å². The molecule has 0 bridgehead atoms. The third-order valence-electron chi connectivity index (χ3n) is 8.79. The Hall–Kier alpha value is -5.15. The molecular formula is C40H42O9. The number of rotatable bonds is 6. The smallest absolute Gasteiger partial charge is 0.234 e. The molecule has 1 atom stereocenters. The van der Waals surface area contributed by atoms with Gasteiger partial charge in [-0.2, -0.15) is 0 Å². The molecule has 3 aromatic carbocycles. The molecule has 256 valence electrons. The molecule has 6 rings (SSSR count). The first-order valence-electron chi connectivity index (χ1n) is 16.1. The van der Waals surface area contributed by atoms with Gasteiger partial charge in [-0.15, -0.1) is 0 Å². The number of aliphatic hydroxyl groups excluding tert-OH is 2. The van der Waals surface area contributed by atoms with E-state index in [0.29, 0.717) is 40.4 Å². The van der Waals surface area contributed by atoms with Gasteiger partial charge in [-0.25, -0.2) is 0 Å². The van der Waals surface area contributed by atoms with Gasteiger partial charge in [0.2, 0.25) is 11.6 Å². The molecule has 1 aliphatic carbocycles. The molecular weight excluding hydrogens is 624 g/mol. The summed E-state index contributed by atoms with van der Waals surface area (Å²) < 4.78 is 17.4. The predicted octanol–water partition coefficient (Wildman–Crippen LogP) is 7.16. The molecule has 1 unspecified atom stereocenters. The molecule has 0 radical (unpaired) electrons. The van der Waals surface area contributed by atoms with E-state index in [0.717, 1.165) is 11.1 Å². The largest absolute Gasteiger partial charge is 0.507 e. The molecule has 0 saturated carbocycles. The number of aliphatic hydroxyl groups is 2. The lowest BCUT2D eigenvalue weighted by atomic mass is 9.87. The van der Waals surface area contributed by atoms with Crippen molar-refractivity contribution in [3.05, 3.63) is 105 Å². The molecule has 2 aliphatic heterocycles. The average Bonchev–Trinajstić information content (AvgIpc) is 3.04. The summed E-state index contributed by atoms with van der Waals surface area (Å²) in [6.07, 6.45) is 5.70. The topological polar surface area (TPSA) is 140 Å². The lowest BCUT2D eigenvalue weighted by Gasteiger charge is -2.37. The Labute approximate surface area is 286 Å². The predicted molar refractivity (Wildman–Crippen MR) is 187 cm³/mol. The van der Waals surface area contributed by atoms with E-state index >= 15 is 0 Å². The third-order valence-corrected chi connectivity index (χ3v) is 8.79. The van der Waals surface area contributed by atoms with Crippen LogP contribution in [0.5, 0.6) is 23.0 Å². The van der Waals surface area contributed by atoms with E-state index in [2.05, 4.69) is 0 Å². The number of carbonyl (C=O) groups excluding carboxylic acids is 3. The number of hydrogen-bond donors (Lipinski definition) is 3. The Morgan fingerprint density at radius 2 is 1.65 bits per heavy atom. The minimum absolute atomic E-state index is 0.0505. The zero-order chi connectivity index (χ0) is 35.8. The number of ketones is 3. The van der Waals surface area contributed by atoms with Crippen molar-refractivity contribution >= 4 is 29.2 Å². The van der Waals surface area contributed by atoms with Gasteiger partial charge >= 0.3 is 0 Å². The molecule has 49 heavy (non-hydrogen) atoms. The summed E-state index contributed by atoms with van der Waals surface area (Å²) in [5, 5.41) is 30.9. The highest BCUT2D eigenvalue weighted by molar-refractivity contribution is 6.52. The van der Waals surface area contributed by atoms with Crippen LogP contribution in [0, 0.1) is 0 Å². The maximum absolute atomic E-state index is 13.1. The summed E-state index contributed by atoms with van der Waals surface area (Å²) in [6.45, 7) is 11.3. The van der Waals surface area contributed by atoms with Gasteiger partial charge in [-0.3, -0.25) is 14.4 Å². The standard InChI is InChI=1S/C25H28O6.C15H14O3/c1-24(2)9-8-16-20(30-24)7-6-14(23(16)29-5)11-18(26)17-10-15-12-22(28)25(3,4)31-21(15)13-19(17)27;1-9(2)7-8-12-13(16)10-5-3-4-6-11(10)14(17)15(12)18/h6-10,13,22,27-28H,11-12H2,1-5H3;3-7,16H,8H2,1-2H3. The number of benzene rings is 3. The van der Waals surface area contributed by atoms with Crippen LogP contribution in [-0.4, -0.2) is 57.1 Å². The van der Waals surface area contributed by atoms with Crippen LogP contribution >= 0.6 is 0 Å². The fraction of sp³-hybridized carbons (Fsp3) is 0.325. The van der Waals surface area contributed by atoms with Crippen molar-refractivity contribution in [1.29, 1.82) is 0 Å². The quantitative estimate of drug-likeness (QED) is 0.142. The first-order valence-corrected chi connectivity index (χ1v) is 16.1. The van der Waals surface area contributed by atoms with E-state index in [-0.39, 0.29) is 46.8 Å². The Bertz CT molecular complexity index is 1940. The van der Waals surface area contributed by atoms with Crippen LogP contribution in [0.1, 0.15) is 90.9 Å². The number of fused-ring (bicyclic) bond motifs is 3. The fourth-order valence-electron chi connectivity index (χ4n) is 5.93. The molecule has 0 aromatic heterocycles. The number of phenolic OH excluding ortho intramolecular Hbond substituents is 1. The summed E-state index contributed by atoms with van der Waals surface area (Å²) in [5.41, 5.74) is 3.16. The molecule has 3 N–H and O–H groups in total. The van der Waals surface area contributed by atoms with Crippen LogP contribution in [-0.2, 0) is 17.6 Å². The van der Waals surface area contributed by atoms with E-state index in [1.807, 2.05) is 58.1 Å². The number of allylic oxidation sites excluding steroid dienone is 3. The molecule has 0 fully saturated rings. The minimum Gasteiger partial charge on any atom is -0.507 e. The second kappa shape index (κ2) is 13.4. The maximum atomic E-state index is 13.1. The van der Waals surface area contributed by atoms with Crippen LogP contribution in [0.15, 0.2) is 71.8 Å². The number of methoxy groups -OCH3 is 1. The average molecular weight is 667 g/mol. The summed E-state index contributed by atoms with van der Waals surface area (Å²) in [7, 11) is 1.56. The summed E-state index contributed by atoms with van der Waals surface area (Å²) >= 11 is 0. The number of phenols is 1. The van der Waals surface area contributed by atoms with Crippen molar-refractivity contribution in [1.82, 2.24) is 0 Å². The van der Waals surface area contributed by atoms with Gasteiger partial charge in [-0.1, -0.05) is 42.0 Å². The van der Waals surface area contributed by atoms with Crippen LogP contribution < -0.4 is 14.2 Å². The van der Waals surface area contributed by atoms with Crippen LogP contribution in [0.25, 0.3) is 11.8 Å². The fourth-order valence-corrected chi connectivity index (χ4v) is 5.93. The van der Waals surface area contributed by atoms with Gasteiger partial charge in [0.1, 0.15) is 40.0 Å². The van der Waals surface area contributed by atoms with Crippen molar-refractivity contribution in [3.63, 3.8) is 0 Å². The van der Waals surface area contributed by atoms with Gasteiger partial charge in [0.15, 0.2) is 5.78 Å². The Kier molecular flexibility index (Phi) is 9.61. The van der Waals surface area contributed by atoms with Gasteiger partial charge in [0.25, 0.3) is 0 Å². The number of carbonyl (C=O) groups is 3. The molecule has 0 spiro atoms. The van der Waals surface area contributed by atoms with Gasteiger partial charge < -0.3 is 29.5 Å². The van der Waals surface area contributed by atoms with E-state index in [9.17, 15) is 29.7 Å². The summed E-state index contributed by atoms with van der Waals surface area (Å²) in [5.74, 6) is 0.149. The van der Waals surface area contributed by atoms with Crippen molar-refractivity contribution in [3.8, 4) is 23.0 Å². The summed E-state index contributed by atoms with van der Waals surface area (Å²) in [4.78, 5) is 36.9. The SMILES string of the molecule is CC(C)=CCC1=C(O)c2ccccc2C(=O)C1=O.COc1c(CC(=O)c2cc3c(cc2O)OC(C)(C)C(O)C3)ccc2c1C=CC(C)(C)O2. The molecule has 9 nitrogen and oxygen atoms in total. The van der Waals surface area contributed by atoms with Gasteiger partial charge in [-0.05, 0) is 77.8 Å². The molecule has 9 heteroatoms. The van der Waals surface area contributed by atoms with Crippen molar-refractivity contribution < 1.29 is 43.9 Å². The van der Waals surface area contributed by atoms with E-state index < -0.39 is 28.9 Å². The Balaban J connectivity index is 0.000000221.